The Bertz CT molecular complexity index is 542. The van der Waals surface area contributed by atoms with Crippen LogP contribution in [0.4, 0.5) is 0 Å². The molecule has 0 aliphatic heterocycles. The van der Waals surface area contributed by atoms with E-state index < -0.39 is 0 Å². The van der Waals surface area contributed by atoms with Crippen LogP contribution in [0.5, 0.6) is 0 Å². The SMILES string of the molecule is O=c1ncc(Cl)cn1CSCc1ccccc1. The van der Waals surface area contributed by atoms with E-state index in [0.29, 0.717) is 10.9 Å². The van der Waals surface area contributed by atoms with E-state index in [2.05, 4.69) is 17.1 Å². The summed E-state index contributed by atoms with van der Waals surface area (Å²) in [7, 11) is 0. The molecule has 0 spiro atoms. The molecule has 2 aromatic rings. The second kappa shape index (κ2) is 5.89. The first-order valence-electron chi connectivity index (χ1n) is 5.09. The van der Waals surface area contributed by atoms with Gasteiger partial charge < -0.3 is 0 Å². The zero-order chi connectivity index (χ0) is 12.1. The van der Waals surface area contributed by atoms with Gasteiger partial charge in [0.2, 0.25) is 0 Å². The van der Waals surface area contributed by atoms with Gasteiger partial charge in [0.15, 0.2) is 0 Å². The third-order valence-electron chi connectivity index (χ3n) is 2.17. The predicted octanol–water partition coefficient (Wildman–Crippen LogP) is 2.79. The summed E-state index contributed by atoms with van der Waals surface area (Å²) in [6.07, 6.45) is 2.97. The second-order valence-corrected chi connectivity index (χ2v) is 4.88. The molecule has 1 aromatic heterocycles. The number of rotatable bonds is 4. The highest BCUT2D eigenvalue weighted by atomic mass is 35.5. The van der Waals surface area contributed by atoms with E-state index in [0.717, 1.165) is 5.75 Å². The maximum absolute atomic E-state index is 11.4. The molecule has 0 radical (unpaired) electrons. The molecule has 0 saturated carbocycles. The summed E-state index contributed by atoms with van der Waals surface area (Å²) in [6.45, 7) is 0. The van der Waals surface area contributed by atoms with Crippen molar-refractivity contribution >= 4 is 23.4 Å². The van der Waals surface area contributed by atoms with Crippen LogP contribution in [-0.2, 0) is 11.6 Å². The van der Waals surface area contributed by atoms with E-state index in [-0.39, 0.29) is 5.69 Å². The van der Waals surface area contributed by atoms with E-state index in [1.54, 1.807) is 18.0 Å². The topological polar surface area (TPSA) is 34.9 Å². The van der Waals surface area contributed by atoms with Gasteiger partial charge in [0.05, 0.1) is 17.1 Å². The lowest BCUT2D eigenvalue weighted by Crippen LogP contribution is -2.20. The van der Waals surface area contributed by atoms with Crippen molar-refractivity contribution in [3.63, 3.8) is 0 Å². The van der Waals surface area contributed by atoms with E-state index in [4.69, 9.17) is 11.6 Å². The molecule has 2 rings (SSSR count). The normalized spacial score (nSPS) is 10.4. The van der Waals surface area contributed by atoms with Crippen molar-refractivity contribution in [2.45, 2.75) is 11.6 Å². The molecule has 0 N–H and O–H groups in total. The molecule has 1 heterocycles. The van der Waals surface area contributed by atoms with Gasteiger partial charge in [-0.3, -0.25) is 4.57 Å². The van der Waals surface area contributed by atoms with Gasteiger partial charge in [0, 0.05) is 11.9 Å². The van der Waals surface area contributed by atoms with E-state index >= 15 is 0 Å². The van der Waals surface area contributed by atoms with Gasteiger partial charge in [-0.05, 0) is 5.56 Å². The molecule has 1 aromatic carbocycles. The van der Waals surface area contributed by atoms with Gasteiger partial charge in [-0.15, -0.1) is 11.8 Å². The smallest absolute Gasteiger partial charge is 0.288 e. The number of benzene rings is 1. The zero-order valence-electron chi connectivity index (χ0n) is 9.04. The maximum atomic E-state index is 11.4. The summed E-state index contributed by atoms with van der Waals surface area (Å²) >= 11 is 7.43. The van der Waals surface area contributed by atoms with Crippen LogP contribution in [0, 0.1) is 0 Å². The Morgan fingerprint density at radius 2 is 2.06 bits per heavy atom. The third kappa shape index (κ3) is 3.61. The van der Waals surface area contributed by atoms with E-state index in [9.17, 15) is 4.79 Å². The summed E-state index contributed by atoms with van der Waals surface area (Å²) in [6, 6.07) is 10.1. The fraction of sp³-hybridized carbons (Fsp3) is 0.167. The van der Waals surface area contributed by atoms with E-state index in [1.807, 2.05) is 18.2 Å². The van der Waals surface area contributed by atoms with Crippen molar-refractivity contribution in [1.82, 2.24) is 9.55 Å². The molecule has 0 atom stereocenters. The van der Waals surface area contributed by atoms with Crippen molar-refractivity contribution in [2.75, 3.05) is 0 Å². The van der Waals surface area contributed by atoms with Crippen LogP contribution in [0.2, 0.25) is 5.02 Å². The van der Waals surface area contributed by atoms with Crippen molar-refractivity contribution in [3.05, 3.63) is 63.8 Å². The number of halogens is 1. The second-order valence-electron chi connectivity index (χ2n) is 3.49. The summed E-state index contributed by atoms with van der Waals surface area (Å²) in [5.74, 6) is 1.42. The molecular formula is C12H11ClN2OS. The van der Waals surface area contributed by atoms with Gasteiger partial charge in [-0.1, -0.05) is 41.9 Å². The van der Waals surface area contributed by atoms with Gasteiger partial charge in [-0.25, -0.2) is 4.79 Å². The van der Waals surface area contributed by atoms with Crippen LogP contribution in [0.3, 0.4) is 0 Å². The van der Waals surface area contributed by atoms with Crippen LogP contribution >= 0.6 is 23.4 Å². The van der Waals surface area contributed by atoms with Gasteiger partial charge in [0.25, 0.3) is 0 Å². The summed E-state index contributed by atoms with van der Waals surface area (Å²) in [5.41, 5.74) is 0.968. The van der Waals surface area contributed by atoms with Gasteiger partial charge >= 0.3 is 5.69 Å². The average Bonchev–Trinajstić information content (AvgIpc) is 2.35. The monoisotopic (exact) mass is 266 g/mol. The van der Waals surface area contributed by atoms with Gasteiger partial charge in [0.1, 0.15) is 0 Å². The van der Waals surface area contributed by atoms with Gasteiger partial charge in [-0.2, -0.15) is 4.98 Å². The Balaban J connectivity index is 1.94. The Hall–Kier alpha value is -1.26. The standard InChI is InChI=1S/C12H11ClN2OS/c13-11-6-14-12(16)15(7-11)9-17-8-10-4-2-1-3-5-10/h1-7H,8-9H2. The number of aromatic nitrogens is 2. The average molecular weight is 267 g/mol. The Labute approximate surface area is 108 Å². The minimum Gasteiger partial charge on any atom is -0.288 e. The van der Waals surface area contributed by atoms with Crippen LogP contribution in [0.1, 0.15) is 5.56 Å². The molecule has 17 heavy (non-hydrogen) atoms. The first-order chi connectivity index (χ1) is 8.25. The molecule has 0 aliphatic carbocycles. The fourth-order valence-electron chi connectivity index (χ4n) is 1.36. The summed E-state index contributed by atoms with van der Waals surface area (Å²) in [5, 5.41) is 0.477. The lowest BCUT2D eigenvalue weighted by atomic mass is 10.2. The minimum atomic E-state index is -0.269. The van der Waals surface area contributed by atoms with Crippen molar-refractivity contribution in [1.29, 1.82) is 0 Å². The summed E-state index contributed by atoms with van der Waals surface area (Å²) in [4.78, 5) is 15.1. The first kappa shape index (κ1) is 12.2. The van der Waals surface area contributed by atoms with Crippen molar-refractivity contribution < 1.29 is 0 Å². The predicted molar refractivity (Wildman–Crippen MR) is 71.2 cm³/mol. The Kier molecular flexibility index (Phi) is 4.23. The highest BCUT2D eigenvalue weighted by Crippen LogP contribution is 2.13. The maximum Gasteiger partial charge on any atom is 0.348 e. The third-order valence-corrected chi connectivity index (χ3v) is 3.36. The molecule has 5 heteroatoms. The largest absolute Gasteiger partial charge is 0.348 e. The fourth-order valence-corrected chi connectivity index (χ4v) is 2.42. The van der Waals surface area contributed by atoms with Crippen molar-refractivity contribution in [2.24, 2.45) is 0 Å². The quantitative estimate of drug-likeness (QED) is 0.854. The molecule has 0 fully saturated rings. The summed E-state index contributed by atoms with van der Waals surface area (Å²) < 4.78 is 1.51. The van der Waals surface area contributed by atoms with Crippen molar-refractivity contribution in [3.8, 4) is 0 Å². The highest BCUT2D eigenvalue weighted by Gasteiger charge is 1.99. The number of nitrogens with zero attached hydrogens (tertiary/aromatic N) is 2. The molecule has 0 unspecified atom stereocenters. The molecule has 88 valence electrons. The molecule has 3 nitrogen and oxygen atoms in total. The zero-order valence-corrected chi connectivity index (χ0v) is 10.6. The molecule has 0 amide bonds. The molecular weight excluding hydrogens is 256 g/mol. The number of thioether (sulfide) groups is 1. The lowest BCUT2D eigenvalue weighted by molar-refractivity contribution is 0.793. The first-order valence-corrected chi connectivity index (χ1v) is 6.62. The Morgan fingerprint density at radius 1 is 1.29 bits per heavy atom. The van der Waals surface area contributed by atoms with Crippen LogP contribution in [-0.4, -0.2) is 9.55 Å². The van der Waals surface area contributed by atoms with Crippen LogP contribution in [0.25, 0.3) is 0 Å². The minimum absolute atomic E-state index is 0.269. The lowest BCUT2D eigenvalue weighted by Gasteiger charge is -2.04. The van der Waals surface area contributed by atoms with Crippen LogP contribution < -0.4 is 5.69 Å². The van der Waals surface area contributed by atoms with Crippen LogP contribution in [0.15, 0.2) is 47.5 Å². The Morgan fingerprint density at radius 3 is 2.82 bits per heavy atom. The number of hydrogen-bond acceptors (Lipinski definition) is 3. The number of hydrogen-bond donors (Lipinski definition) is 0. The molecule has 0 aliphatic rings. The van der Waals surface area contributed by atoms with E-state index in [1.165, 1.54) is 16.3 Å². The molecule has 0 bridgehead atoms. The highest BCUT2D eigenvalue weighted by molar-refractivity contribution is 7.97. The molecule has 0 saturated heterocycles.